The monoisotopic (exact) mass is 605 g/mol. The summed E-state index contributed by atoms with van der Waals surface area (Å²) >= 11 is 1.04. The van der Waals surface area contributed by atoms with Crippen LogP contribution in [0.25, 0.3) is 11.3 Å². The van der Waals surface area contributed by atoms with Gasteiger partial charge < -0.3 is 14.7 Å². The van der Waals surface area contributed by atoms with Gasteiger partial charge in [-0.15, -0.1) is 0 Å². The SMILES string of the molecule is COc1ccc(C(=O)c2sc(N3[C@H](C(=O)O)[C@H](c4ccccc4)[C@@H]([N+](=O)[O-])[C@@H]3c3ccccc3)nc2-c2ccccc2)cc1. The molecule has 1 aliphatic rings. The van der Waals surface area contributed by atoms with Crippen LogP contribution in [0.4, 0.5) is 5.13 Å². The van der Waals surface area contributed by atoms with Crippen molar-refractivity contribution < 1.29 is 24.4 Å². The maximum Gasteiger partial charge on any atom is 0.327 e. The van der Waals surface area contributed by atoms with Crippen molar-refractivity contribution in [3.63, 3.8) is 0 Å². The van der Waals surface area contributed by atoms with E-state index in [1.54, 1.807) is 92.0 Å². The van der Waals surface area contributed by atoms with Crippen molar-refractivity contribution in [2.75, 3.05) is 12.0 Å². The Kier molecular flexibility index (Phi) is 7.91. The van der Waals surface area contributed by atoms with Crippen LogP contribution in [0, 0.1) is 10.1 Å². The van der Waals surface area contributed by atoms with E-state index in [9.17, 15) is 24.8 Å². The third-order valence-corrected chi connectivity index (χ3v) is 8.96. The number of carbonyl (C=O) groups excluding carboxylic acids is 1. The third kappa shape index (κ3) is 5.20. The highest BCUT2D eigenvalue weighted by molar-refractivity contribution is 7.18. The number of carbonyl (C=O) groups is 2. The number of nitro groups is 1. The van der Waals surface area contributed by atoms with Crippen LogP contribution in [-0.2, 0) is 4.79 Å². The summed E-state index contributed by atoms with van der Waals surface area (Å²) in [5.74, 6) is -1.93. The fourth-order valence-electron chi connectivity index (χ4n) is 5.95. The number of ether oxygens (including phenoxy) is 1. The van der Waals surface area contributed by atoms with Crippen LogP contribution in [0.3, 0.4) is 0 Å². The lowest BCUT2D eigenvalue weighted by molar-refractivity contribution is -0.526. The van der Waals surface area contributed by atoms with Gasteiger partial charge in [0.05, 0.1) is 18.7 Å². The number of rotatable bonds is 9. The molecule has 4 atom stereocenters. The Labute approximate surface area is 257 Å². The van der Waals surface area contributed by atoms with Crippen LogP contribution >= 0.6 is 11.3 Å². The Hall–Kier alpha value is -5.35. The smallest absolute Gasteiger partial charge is 0.327 e. The molecule has 0 amide bonds. The Morgan fingerprint density at radius 1 is 0.864 bits per heavy atom. The van der Waals surface area contributed by atoms with E-state index in [0.29, 0.717) is 38.6 Å². The van der Waals surface area contributed by atoms with E-state index in [0.717, 1.165) is 11.3 Å². The van der Waals surface area contributed by atoms with Crippen LogP contribution in [0.5, 0.6) is 5.75 Å². The Morgan fingerprint density at radius 3 is 1.98 bits per heavy atom. The highest BCUT2D eigenvalue weighted by Crippen LogP contribution is 2.51. The number of methoxy groups -OCH3 is 1. The lowest BCUT2D eigenvalue weighted by Crippen LogP contribution is -2.40. The number of aliphatic carboxylic acids is 1. The van der Waals surface area contributed by atoms with Gasteiger partial charge in [0.15, 0.2) is 5.13 Å². The molecule has 6 rings (SSSR count). The highest BCUT2D eigenvalue weighted by Gasteiger charge is 2.60. The Bertz CT molecular complexity index is 1800. The largest absolute Gasteiger partial charge is 0.497 e. The first kappa shape index (κ1) is 28.8. The maximum absolute atomic E-state index is 14.0. The van der Waals surface area contributed by atoms with Crippen molar-refractivity contribution in [3.05, 3.63) is 147 Å². The molecule has 5 aromatic rings. The summed E-state index contributed by atoms with van der Waals surface area (Å²) in [7, 11) is 1.54. The van der Waals surface area contributed by atoms with E-state index < -0.39 is 30.0 Å². The normalized spacial score (nSPS) is 19.4. The summed E-state index contributed by atoms with van der Waals surface area (Å²) < 4.78 is 5.24. The number of hydrogen-bond donors (Lipinski definition) is 1. The molecule has 0 aliphatic carbocycles. The average Bonchev–Trinajstić information content (AvgIpc) is 3.66. The van der Waals surface area contributed by atoms with Crippen LogP contribution < -0.4 is 9.64 Å². The minimum Gasteiger partial charge on any atom is -0.497 e. The molecule has 1 aromatic heterocycles. The van der Waals surface area contributed by atoms with Gasteiger partial charge in [-0.05, 0) is 35.4 Å². The van der Waals surface area contributed by atoms with Gasteiger partial charge in [0, 0.05) is 16.1 Å². The molecule has 220 valence electrons. The molecule has 10 heteroatoms. The average molecular weight is 606 g/mol. The van der Waals surface area contributed by atoms with Crippen molar-refractivity contribution in [2.45, 2.75) is 24.0 Å². The number of hydrogen-bond acceptors (Lipinski definition) is 8. The quantitative estimate of drug-likeness (QED) is 0.115. The predicted molar refractivity (Wildman–Crippen MR) is 167 cm³/mol. The molecule has 0 spiro atoms. The lowest BCUT2D eigenvalue weighted by Gasteiger charge is -2.28. The number of carboxylic acids is 1. The molecule has 44 heavy (non-hydrogen) atoms. The van der Waals surface area contributed by atoms with Gasteiger partial charge in [0.25, 0.3) is 0 Å². The van der Waals surface area contributed by atoms with Crippen LogP contribution in [0.1, 0.15) is 38.3 Å². The summed E-state index contributed by atoms with van der Waals surface area (Å²) in [6, 6.07) is 29.8. The van der Waals surface area contributed by atoms with Crippen LogP contribution in [0.2, 0.25) is 0 Å². The lowest BCUT2D eigenvalue weighted by atomic mass is 9.85. The zero-order valence-corrected chi connectivity index (χ0v) is 24.3. The van der Waals surface area contributed by atoms with Gasteiger partial charge >= 0.3 is 5.97 Å². The first-order valence-electron chi connectivity index (χ1n) is 13.9. The molecule has 1 aliphatic heterocycles. The highest BCUT2D eigenvalue weighted by atomic mass is 32.1. The Balaban J connectivity index is 1.58. The van der Waals surface area contributed by atoms with Gasteiger partial charge in [0.2, 0.25) is 11.8 Å². The molecule has 4 aromatic carbocycles. The number of nitrogens with zero attached hydrogens (tertiary/aromatic N) is 3. The van der Waals surface area contributed by atoms with E-state index in [-0.39, 0.29) is 15.8 Å². The predicted octanol–water partition coefficient (Wildman–Crippen LogP) is 6.49. The van der Waals surface area contributed by atoms with E-state index in [4.69, 9.17) is 9.72 Å². The number of benzene rings is 4. The minimum atomic E-state index is -1.34. The summed E-state index contributed by atoms with van der Waals surface area (Å²) in [5, 5.41) is 23.8. The fourth-order valence-corrected chi connectivity index (χ4v) is 7.07. The summed E-state index contributed by atoms with van der Waals surface area (Å²) in [5.41, 5.74) is 2.57. The van der Waals surface area contributed by atoms with E-state index in [2.05, 4.69) is 0 Å². The van der Waals surface area contributed by atoms with E-state index in [1.165, 1.54) is 4.90 Å². The molecular weight excluding hydrogens is 578 g/mol. The zero-order valence-electron chi connectivity index (χ0n) is 23.5. The first-order valence-corrected chi connectivity index (χ1v) is 14.7. The summed E-state index contributed by atoms with van der Waals surface area (Å²) in [6.45, 7) is 0. The molecule has 1 saturated heterocycles. The minimum absolute atomic E-state index is 0.215. The van der Waals surface area contributed by atoms with Gasteiger partial charge in [-0.3, -0.25) is 14.9 Å². The van der Waals surface area contributed by atoms with E-state index in [1.807, 2.05) is 30.3 Å². The van der Waals surface area contributed by atoms with E-state index >= 15 is 0 Å². The molecule has 0 saturated carbocycles. The van der Waals surface area contributed by atoms with Gasteiger partial charge in [-0.2, -0.15) is 0 Å². The molecule has 1 N–H and O–H groups in total. The third-order valence-electron chi connectivity index (χ3n) is 7.90. The van der Waals surface area contributed by atoms with Crippen molar-refractivity contribution in [2.24, 2.45) is 0 Å². The van der Waals surface area contributed by atoms with Crippen molar-refractivity contribution >= 4 is 28.2 Å². The second-order valence-electron chi connectivity index (χ2n) is 10.4. The first-order chi connectivity index (χ1) is 21.4. The maximum atomic E-state index is 14.0. The summed E-state index contributed by atoms with van der Waals surface area (Å²) in [6.07, 6.45) is 0. The van der Waals surface area contributed by atoms with Crippen molar-refractivity contribution in [3.8, 4) is 17.0 Å². The number of aromatic nitrogens is 1. The van der Waals surface area contributed by atoms with Crippen molar-refractivity contribution in [1.82, 2.24) is 4.98 Å². The molecule has 0 radical (unpaired) electrons. The number of carboxylic acid groups (broad SMARTS) is 1. The molecule has 0 bridgehead atoms. The number of ketones is 1. The van der Waals surface area contributed by atoms with Crippen LogP contribution in [0.15, 0.2) is 115 Å². The second-order valence-corrected chi connectivity index (χ2v) is 11.3. The van der Waals surface area contributed by atoms with Crippen molar-refractivity contribution in [1.29, 1.82) is 0 Å². The molecular formula is C34H27N3O6S. The standard InChI is InChI=1S/C34H27N3O6S/c1-43-25-19-17-24(18-20-25)31(38)32-27(22-13-7-3-8-14-22)35-34(44-32)36-28(23-15-9-4-10-16-23)29(37(41)42)26(30(36)33(39)40)21-11-5-2-6-12-21/h2-20,26,28-30H,1H3,(H,39,40)/t26-,28+,29-,30+/m1/s1. The zero-order chi connectivity index (χ0) is 30.8. The fraction of sp³-hybridized carbons (Fsp3) is 0.147. The van der Waals surface area contributed by atoms with Crippen LogP contribution in [-0.4, -0.2) is 46.0 Å². The summed E-state index contributed by atoms with van der Waals surface area (Å²) in [4.78, 5) is 46.3. The Morgan fingerprint density at radius 2 is 1.43 bits per heavy atom. The van der Waals surface area contributed by atoms with Gasteiger partial charge in [-0.1, -0.05) is 102 Å². The topological polar surface area (TPSA) is 123 Å². The molecule has 2 heterocycles. The molecule has 0 unspecified atom stereocenters. The number of anilines is 1. The molecule has 9 nitrogen and oxygen atoms in total. The molecule has 1 fully saturated rings. The van der Waals surface area contributed by atoms with Gasteiger partial charge in [-0.25, -0.2) is 9.78 Å². The van der Waals surface area contributed by atoms with Gasteiger partial charge in [0.1, 0.15) is 22.7 Å². The number of thiazole rings is 1. The second kappa shape index (κ2) is 12.1.